The predicted molar refractivity (Wildman–Crippen MR) is 144 cm³/mol. The fourth-order valence-corrected chi connectivity index (χ4v) is 6.47. The van der Waals surface area contributed by atoms with Gasteiger partial charge in [-0.2, -0.15) is 17.5 Å². The molecule has 3 aromatic heterocycles. The quantitative estimate of drug-likeness (QED) is 0.301. The fourth-order valence-electron chi connectivity index (χ4n) is 4.87. The second kappa shape index (κ2) is 11.0. The van der Waals surface area contributed by atoms with E-state index in [9.17, 15) is 35.6 Å². The molecule has 5 rings (SSSR count). The molecule has 0 radical (unpaired) electrons. The largest absolute Gasteiger partial charge is 0.443 e. The summed E-state index contributed by atoms with van der Waals surface area (Å²) in [6.07, 6.45) is -1.73. The number of furan rings is 1. The smallest absolute Gasteiger partial charge is 0.417 e. The van der Waals surface area contributed by atoms with Crippen molar-refractivity contribution in [1.82, 2.24) is 19.2 Å². The van der Waals surface area contributed by atoms with Crippen molar-refractivity contribution in [3.8, 4) is 11.3 Å². The van der Waals surface area contributed by atoms with E-state index in [4.69, 9.17) is 4.42 Å². The third kappa shape index (κ3) is 5.68. The summed E-state index contributed by atoms with van der Waals surface area (Å²) < 4.78 is 87.1. The molecule has 1 atom stereocenters. The van der Waals surface area contributed by atoms with Crippen molar-refractivity contribution in [2.75, 3.05) is 6.54 Å². The van der Waals surface area contributed by atoms with Gasteiger partial charge in [0.2, 0.25) is 11.0 Å². The van der Waals surface area contributed by atoms with E-state index < -0.39 is 50.2 Å². The zero-order chi connectivity index (χ0) is 30.4. The lowest BCUT2D eigenvalue weighted by molar-refractivity contribution is -0.137. The third-order valence-electron chi connectivity index (χ3n) is 7.04. The van der Waals surface area contributed by atoms with Crippen LogP contribution >= 0.6 is 0 Å². The molecule has 42 heavy (non-hydrogen) atoms. The maximum Gasteiger partial charge on any atom is 0.417 e. The molecule has 0 unspecified atom stereocenters. The minimum absolute atomic E-state index is 0.0566. The molecule has 1 aromatic carbocycles. The number of aromatic nitrogens is 2. The van der Waals surface area contributed by atoms with Gasteiger partial charge in [0.1, 0.15) is 17.4 Å². The molecule has 1 aliphatic heterocycles. The zero-order valence-electron chi connectivity index (χ0n) is 22.5. The number of carbonyl (C=O) groups excluding carboxylic acids is 1. The van der Waals surface area contributed by atoms with Gasteiger partial charge in [0.15, 0.2) is 0 Å². The van der Waals surface area contributed by atoms with Gasteiger partial charge in [-0.15, -0.1) is 0 Å². The SMILES string of the molecule is CC(C)n1cc(-c2ccc(C(F)(F)F)cn2)cc(CNC(=O)[C@@H]2CCCN2S(=O)(=O)c2cc3cc(F)ccc3o2)c1=O. The molecular formula is C28H26F4N4O5S. The van der Waals surface area contributed by atoms with Crippen molar-refractivity contribution in [3.63, 3.8) is 0 Å². The Morgan fingerprint density at radius 3 is 2.60 bits per heavy atom. The van der Waals surface area contributed by atoms with Gasteiger partial charge >= 0.3 is 6.18 Å². The van der Waals surface area contributed by atoms with Gasteiger partial charge in [0, 0.05) is 54.1 Å². The molecule has 1 aliphatic rings. The van der Waals surface area contributed by atoms with Crippen LogP contribution in [0.2, 0.25) is 0 Å². The standard InChI is InChI=1S/C28H26F4N4O5S/c1-16(2)35-15-19(22-7-5-20(14-33-22)28(30,31)32)10-18(27(35)38)13-34-26(37)23-4-3-9-36(23)42(39,40)25-12-17-11-21(29)6-8-24(17)41-25/h5-8,10-12,14-16,23H,3-4,9,13H2,1-2H3,(H,34,37)/t23-/m0/s1. The summed E-state index contributed by atoms with van der Waals surface area (Å²) in [5.41, 5.74) is -0.452. The highest BCUT2D eigenvalue weighted by molar-refractivity contribution is 7.89. The number of nitrogens with one attached hydrogen (secondary N) is 1. The normalized spacial score (nSPS) is 16.4. The molecule has 9 nitrogen and oxygen atoms in total. The maximum absolute atomic E-state index is 13.6. The van der Waals surface area contributed by atoms with E-state index in [1.165, 1.54) is 35.0 Å². The number of sulfonamides is 1. The third-order valence-corrected chi connectivity index (χ3v) is 8.80. The Balaban J connectivity index is 1.38. The van der Waals surface area contributed by atoms with E-state index in [2.05, 4.69) is 10.3 Å². The second-order valence-corrected chi connectivity index (χ2v) is 12.1. The van der Waals surface area contributed by atoms with E-state index in [0.29, 0.717) is 18.2 Å². The van der Waals surface area contributed by atoms with Gasteiger partial charge in [0.25, 0.3) is 15.6 Å². The molecule has 1 saturated heterocycles. The first-order valence-electron chi connectivity index (χ1n) is 13.0. The number of amides is 1. The van der Waals surface area contributed by atoms with Crippen LogP contribution < -0.4 is 10.9 Å². The number of pyridine rings is 2. The van der Waals surface area contributed by atoms with Gasteiger partial charge in [-0.05, 0) is 63.1 Å². The van der Waals surface area contributed by atoms with E-state index in [1.54, 1.807) is 13.8 Å². The molecule has 4 aromatic rings. The van der Waals surface area contributed by atoms with E-state index >= 15 is 0 Å². The number of rotatable bonds is 7. The molecular weight excluding hydrogens is 580 g/mol. The Morgan fingerprint density at radius 1 is 1.17 bits per heavy atom. The minimum Gasteiger partial charge on any atom is -0.443 e. The average molecular weight is 607 g/mol. The first kappa shape index (κ1) is 29.5. The van der Waals surface area contributed by atoms with Crippen LogP contribution in [0, 0.1) is 5.82 Å². The van der Waals surface area contributed by atoms with Gasteiger partial charge < -0.3 is 14.3 Å². The van der Waals surface area contributed by atoms with E-state index in [-0.39, 0.29) is 47.8 Å². The lowest BCUT2D eigenvalue weighted by Gasteiger charge is -2.22. The van der Waals surface area contributed by atoms with Gasteiger partial charge in [-0.25, -0.2) is 12.8 Å². The number of alkyl halides is 3. The summed E-state index contributed by atoms with van der Waals surface area (Å²) in [7, 11) is -4.24. The van der Waals surface area contributed by atoms with Crippen LogP contribution in [-0.4, -0.2) is 40.8 Å². The van der Waals surface area contributed by atoms with Crippen molar-refractivity contribution in [2.45, 2.75) is 56.6 Å². The molecule has 14 heteroatoms. The number of fused-ring (bicyclic) bond motifs is 1. The number of hydrogen-bond acceptors (Lipinski definition) is 6. The Morgan fingerprint density at radius 2 is 1.93 bits per heavy atom. The average Bonchev–Trinajstić information content (AvgIpc) is 3.60. The van der Waals surface area contributed by atoms with Crippen LogP contribution in [0.4, 0.5) is 17.6 Å². The number of hydrogen-bond donors (Lipinski definition) is 1. The Kier molecular flexibility index (Phi) is 7.70. The Hall–Kier alpha value is -4.04. The van der Waals surface area contributed by atoms with Crippen LogP contribution in [0.25, 0.3) is 22.2 Å². The highest BCUT2D eigenvalue weighted by atomic mass is 32.2. The maximum atomic E-state index is 13.6. The summed E-state index contributed by atoms with van der Waals surface area (Å²) in [4.78, 5) is 30.2. The molecule has 0 saturated carbocycles. The highest BCUT2D eigenvalue weighted by Gasteiger charge is 2.41. The van der Waals surface area contributed by atoms with Crippen LogP contribution in [0.3, 0.4) is 0 Å². The highest BCUT2D eigenvalue weighted by Crippen LogP contribution is 2.31. The lowest BCUT2D eigenvalue weighted by Crippen LogP contribution is -2.46. The molecule has 222 valence electrons. The van der Waals surface area contributed by atoms with Crippen molar-refractivity contribution in [2.24, 2.45) is 0 Å². The molecule has 0 bridgehead atoms. The number of benzene rings is 1. The Bertz CT molecular complexity index is 1810. The molecule has 1 N–H and O–H groups in total. The van der Waals surface area contributed by atoms with Gasteiger partial charge in [-0.1, -0.05) is 0 Å². The first-order chi connectivity index (χ1) is 19.8. The van der Waals surface area contributed by atoms with Crippen LogP contribution in [0.1, 0.15) is 43.9 Å². The zero-order valence-corrected chi connectivity index (χ0v) is 23.3. The van der Waals surface area contributed by atoms with E-state index in [0.717, 1.165) is 22.5 Å². The Labute approximate surface area is 237 Å². The monoisotopic (exact) mass is 606 g/mol. The summed E-state index contributed by atoms with van der Waals surface area (Å²) in [5, 5.41) is 2.48. The fraction of sp³-hybridized carbons (Fsp3) is 0.321. The summed E-state index contributed by atoms with van der Waals surface area (Å²) >= 11 is 0. The van der Waals surface area contributed by atoms with Crippen LogP contribution in [-0.2, 0) is 27.5 Å². The molecule has 0 aliphatic carbocycles. The van der Waals surface area contributed by atoms with Crippen molar-refractivity contribution in [1.29, 1.82) is 0 Å². The molecule has 4 heterocycles. The molecule has 0 spiro atoms. The summed E-state index contributed by atoms with van der Waals surface area (Å²) in [6.45, 7) is 3.30. The van der Waals surface area contributed by atoms with Crippen LogP contribution in [0.5, 0.6) is 0 Å². The minimum atomic E-state index is -4.55. The second-order valence-electron chi connectivity index (χ2n) is 10.2. The van der Waals surface area contributed by atoms with Crippen molar-refractivity contribution >= 4 is 26.9 Å². The van der Waals surface area contributed by atoms with Crippen molar-refractivity contribution in [3.05, 3.63) is 82.2 Å². The number of nitrogens with zero attached hydrogens (tertiary/aromatic N) is 3. The topological polar surface area (TPSA) is 115 Å². The van der Waals surface area contributed by atoms with E-state index in [1.807, 2.05) is 0 Å². The first-order valence-corrected chi connectivity index (χ1v) is 14.5. The summed E-state index contributed by atoms with van der Waals surface area (Å²) in [5.74, 6) is -1.19. The van der Waals surface area contributed by atoms with Crippen molar-refractivity contribution < 1.29 is 35.2 Å². The van der Waals surface area contributed by atoms with Crippen LogP contribution in [0.15, 0.2) is 69.2 Å². The predicted octanol–water partition coefficient (Wildman–Crippen LogP) is 4.86. The summed E-state index contributed by atoms with van der Waals surface area (Å²) in [6, 6.07) is 6.95. The molecule has 1 amide bonds. The lowest BCUT2D eigenvalue weighted by atomic mass is 10.1. The number of halogens is 4. The molecule has 1 fully saturated rings. The van der Waals surface area contributed by atoms with Gasteiger partial charge in [0.05, 0.1) is 11.3 Å². The van der Waals surface area contributed by atoms with Gasteiger partial charge in [-0.3, -0.25) is 14.6 Å². The number of carbonyl (C=O) groups is 1.